The van der Waals surface area contributed by atoms with Gasteiger partial charge < -0.3 is 14.4 Å². The van der Waals surface area contributed by atoms with Gasteiger partial charge in [-0.05, 0) is 0 Å². The van der Waals surface area contributed by atoms with Crippen molar-refractivity contribution in [2.45, 2.75) is 13.0 Å². The van der Waals surface area contributed by atoms with Gasteiger partial charge in [-0.25, -0.2) is 0 Å². The Morgan fingerprint density at radius 1 is 1.25 bits per heavy atom. The van der Waals surface area contributed by atoms with Crippen LogP contribution in [-0.4, -0.2) is 74.4 Å². The number of morpholine rings is 2. The summed E-state index contributed by atoms with van der Waals surface area (Å²) in [6, 6.07) is 0. The summed E-state index contributed by atoms with van der Waals surface area (Å²) in [6.07, 6.45) is 0.163. The van der Waals surface area contributed by atoms with Gasteiger partial charge in [-0.3, -0.25) is 9.69 Å². The lowest BCUT2D eigenvalue weighted by Gasteiger charge is -2.36. The molecule has 2 heterocycles. The molecular formula is C11H20N2O3. The van der Waals surface area contributed by atoms with E-state index < -0.39 is 0 Å². The van der Waals surface area contributed by atoms with Crippen molar-refractivity contribution in [2.75, 3.05) is 52.5 Å². The van der Waals surface area contributed by atoms with Crippen LogP contribution >= 0.6 is 0 Å². The first kappa shape index (κ1) is 11.8. The minimum atomic E-state index is 0.148. The summed E-state index contributed by atoms with van der Waals surface area (Å²) in [5.41, 5.74) is 0. The quantitative estimate of drug-likeness (QED) is 0.643. The van der Waals surface area contributed by atoms with Crippen molar-refractivity contribution in [1.29, 1.82) is 0 Å². The fraction of sp³-hybridized carbons (Fsp3) is 0.909. The molecule has 0 aromatic rings. The van der Waals surface area contributed by atoms with Crippen LogP contribution in [0.25, 0.3) is 0 Å². The zero-order valence-electron chi connectivity index (χ0n) is 9.85. The van der Waals surface area contributed by atoms with E-state index in [0.29, 0.717) is 6.61 Å². The van der Waals surface area contributed by atoms with Gasteiger partial charge in [0.1, 0.15) is 0 Å². The number of carbonyl (C=O) groups is 1. The molecule has 0 aliphatic carbocycles. The summed E-state index contributed by atoms with van der Waals surface area (Å²) >= 11 is 0. The molecule has 0 radical (unpaired) electrons. The highest BCUT2D eigenvalue weighted by Crippen LogP contribution is 2.08. The zero-order chi connectivity index (χ0) is 11.4. The summed E-state index contributed by atoms with van der Waals surface area (Å²) < 4.78 is 11.0. The Bertz CT molecular complexity index is 241. The molecule has 1 atom stereocenters. The van der Waals surface area contributed by atoms with Gasteiger partial charge in [0, 0.05) is 39.6 Å². The van der Waals surface area contributed by atoms with Crippen LogP contribution in [-0.2, 0) is 14.3 Å². The van der Waals surface area contributed by atoms with Crippen LogP contribution in [0.4, 0.5) is 0 Å². The van der Waals surface area contributed by atoms with Gasteiger partial charge in [-0.2, -0.15) is 0 Å². The largest absolute Gasteiger partial charge is 0.379 e. The third kappa shape index (κ3) is 3.17. The van der Waals surface area contributed by atoms with Gasteiger partial charge >= 0.3 is 0 Å². The van der Waals surface area contributed by atoms with Crippen molar-refractivity contribution in [3.8, 4) is 0 Å². The maximum Gasteiger partial charge on any atom is 0.219 e. The average Bonchev–Trinajstić information content (AvgIpc) is 2.30. The van der Waals surface area contributed by atoms with Gasteiger partial charge in [0.05, 0.1) is 25.9 Å². The van der Waals surface area contributed by atoms with Crippen molar-refractivity contribution in [3.05, 3.63) is 0 Å². The van der Waals surface area contributed by atoms with E-state index in [0.717, 1.165) is 45.9 Å². The number of carbonyl (C=O) groups excluding carboxylic acids is 1. The van der Waals surface area contributed by atoms with Crippen LogP contribution in [0, 0.1) is 0 Å². The minimum absolute atomic E-state index is 0.148. The Morgan fingerprint density at radius 3 is 2.69 bits per heavy atom. The lowest BCUT2D eigenvalue weighted by Crippen LogP contribution is -2.50. The molecule has 5 heteroatoms. The van der Waals surface area contributed by atoms with E-state index in [1.165, 1.54) is 0 Å². The molecule has 2 saturated heterocycles. The Kier molecular flexibility index (Phi) is 4.15. The molecular weight excluding hydrogens is 208 g/mol. The predicted molar refractivity (Wildman–Crippen MR) is 59.3 cm³/mol. The smallest absolute Gasteiger partial charge is 0.219 e. The predicted octanol–water partition coefficient (Wildman–Crippen LogP) is -0.434. The molecule has 2 fully saturated rings. The number of hydrogen-bond donors (Lipinski definition) is 0. The Labute approximate surface area is 96.3 Å². The molecule has 0 aromatic heterocycles. The van der Waals surface area contributed by atoms with Crippen molar-refractivity contribution >= 4 is 5.91 Å². The van der Waals surface area contributed by atoms with E-state index in [-0.39, 0.29) is 12.0 Å². The molecule has 1 unspecified atom stereocenters. The monoisotopic (exact) mass is 228 g/mol. The zero-order valence-corrected chi connectivity index (χ0v) is 9.85. The van der Waals surface area contributed by atoms with Crippen LogP contribution in [0.1, 0.15) is 6.92 Å². The lowest BCUT2D eigenvalue weighted by molar-refractivity contribution is -0.137. The van der Waals surface area contributed by atoms with Crippen LogP contribution in [0.3, 0.4) is 0 Å². The van der Waals surface area contributed by atoms with Gasteiger partial charge in [0.2, 0.25) is 5.91 Å². The van der Waals surface area contributed by atoms with Crippen LogP contribution in [0.5, 0.6) is 0 Å². The summed E-state index contributed by atoms with van der Waals surface area (Å²) in [5.74, 6) is 0.148. The standard InChI is InChI=1S/C11H20N2O3/c1-10(14)13-4-7-16-11(9-13)8-12-2-5-15-6-3-12/h11H,2-9H2,1H3. The second kappa shape index (κ2) is 5.61. The fourth-order valence-electron chi connectivity index (χ4n) is 2.19. The van der Waals surface area contributed by atoms with E-state index in [1.54, 1.807) is 6.92 Å². The van der Waals surface area contributed by atoms with Gasteiger partial charge in [-0.15, -0.1) is 0 Å². The second-order valence-corrected chi connectivity index (χ2v) is 4.37. The Morgan fingerprint density at radius 2 is 2.00 bits per heavy atom. The normalized spacial score (nSPS) is 28.1. The summed E-state index contributed by atoms with van der Waals surface area (Å²) in [4.78, 5) is 15.5. The van der Waals surface area contributed by atoms with Gasteiger partial charge in [0.25, 0.3) is 0 Å². The minimum Gasteiger partial charge on any atom is -0.379 e. The summed E-state index contributed by atoms with van der Waals surface area (Å²) in [5, 5.41) is 0. The highest BCUT2D eigenvalue weighted by molar-refractivity contribution is 5.73. The second-order valence-electron chi connectivity index (χ2n) is 4.37. The maximum atomic E-state index is 11.3. The van der Waals surface area contributed by atoms with E-state index >= 15 is 0 Å². The van der Waals surface area contributed by atoms with Crippen molar-refractivity contribution in [3.63, 3.8) is 0 Å². The third-order valence-corrected chi connectivity index (χ3v) is 3.15. The molecule has 0 aromatic carbocycles. The Balaban J connectivity index is 1.78. The van der Waals surface area contributed by atoms with Crippen LogP contribution < -0.4 is 0 Å². The van der Waals surface area contributed by atoms with Crippen LogP contribution in [0.15, 0.2) is 0 Å². The molecule has 2 aliphatic heterocycles. The molecule has 0 saturated carbocycles. The number of hydrogen-bond acceptors (Lipinski definition) is 4. The highest BCUT2D eigenvalue weighted by atomic mass is 16.5. The first-order chi connectivity index (χ1) is 7.75. The number of amides is 1. The molecule has 5 nitrogen and oxygen atoms in total. The van der Waals surface area contributed by atoms with Crippen LogP contribution in [0.2, 0.25) is 0 Å². The fourth-order valence-corrected chi connectivity index (χ4v) is 2.19. The Hall–Kier alpha value is -0.650. The van der Waals surface area contributed by atoms with E-state index in [1.807, 2.05) is 4.90 Å². The molecule has 0 spiro atoms. The summed E-state index contributed by atoms with van der Waals surface area (Å²) in [7, 11) is 0. The summed E-state index contributed by atoms with van der Waals surface area (Å²) in [6.45, 7) is 8.21. The number of nitrogens with zero attached hydrogens (tertiary/aromatic N) is 2. The van der Waals surface area contributed by atoms with Gasteiger partial charge in [-0.1, -0.05) is 0 Å². The molecule has 0 N–H and O–H groups in total. The van der Waals surface area contributed by atoms with E-state index in [9.17, 15) is 4.79 Å². The SMILES string of the molecule is CC(=O)N1CCOC(CN2CCOCC2)C1. The molecule has 92 valence electrons. The molecule has 1 amide bonds. The maximum absolute atomic E-state index is 11.3. The average molecular weight is 228 g/mol. The third-order valence-electron chi connectivity index (χ3n) is 3.15. The van der Waals surface area contributed by atoms with Crippen molar-refractivity contribution in [2.24, 2.45) is 0 Å². The van der Waals surface area contributed by atoms with Crippen molar-refractivity contribution < 1.29 is 14.3 Å². The van der Waals surface area contributed by atoms with E-state index in [4.69, 9.17) is 9.47 Å². The van der Waals surface area contributed by atoms with E-state index in [2.05, 4.69) is 4.90 Å². The van der Waals surface area contributed by atoms with Gasteiger partial charge in [0.15, 0.2) is 0 Å². The molecule has 2 rings (SSSR count). The van der Waals surface area contributed by atoms with Crippen molar-refractivity contribution in [1.82, 2.24) is 9.80 Å². The number of rotatable bonds is 2. The number of ether oxygens (including phenoxy) is 2. The molecule has 0 bridgehead atoms. The first-order valence-corrected chi connectivity index (χ1v) is 5.93. The molecule has 2 aliphatic rings. The topological polar surface area (TPSA) is 42.0 Å². The highest BCUT2D eigenvalue weighted by Gasteiger charge is 2.24. The molecule has 16 heavy (non-hydrogen) atoms. The first-order valence-electron chi connectivity index (χ1n) is 5.93. The lowest BCUT2D eigenvalue weighted by atomic mass is 10.2.